The zero-order valence-electron chi connectivity index (χ0n) is 13.2. The number of fused-ring (bicyclic) bond motifs is 1. The van der Waals surface area contributed by atoms with Crippen molar-refractivity contribution in [2.45, 2.75) is 43.6 Å². The van der Waals surface area contributed by atoms with Gasteiger partial charge in [0.15, 0.2) is 6.10 Å². The minimum absolute atomic E-state index is 0.0326. The van der Waals surface area contributed by atoms with Crippen molar-refractivity contribution in [3.8, 4) is 5.75 Å². The maximum atomic E-state index is 12.2. The van der Waals surface area contributed by atoms with Crippen LogP contribution in [-0.2, 0) is 19.6 Å². The number of nitrogens with one attached hydrogen (secondary N) is 2. The summed E-state index contributed by atoms with van der Waals surface area (Å²) in [5.74, 6) is -0.763. The molecule has 0 fully saturated rings. The van der Waals surface area contributed by atoms with E-state index in [1.54, 1.807) is 6.92 Å². The fourth-order valence-corrected chi connectivity index (χ4v) is 3.32. The summed E-state index contributed by atoms with van der Waals surface area (Å²) in [6, 6.07) is 4.27. The number of carbonyl (C=O) groups excluding carboxylic acids is 1. The Kier molecular flexibility index (Phi) is 5.79. The summed E-state index contributed by atoms with van der Waals surface area (Å²) in [6.45, 7) is 1.83. The molecule has 1 aliphatic heterocycles. The number of carbonyl (C=O) groups is 2. The summed E-state index contributed by atoms with van der Waals surface area (Å²) in [7, 11) is -3.70. The standard InChI is InChI=1S/C15H20N2O6S/c1-10-15(20)17-12-9-11(6-7-13(12)23-10)24(21,22)16-8-4-2-3-5-14(18)19/h6-7,9-10,16H,2-5,8H2,1H3,(H,17,20)(H,18,19). The van der Waals surface area contributed by atoms with Gasteiger partial charge in [-0.2, -0.15) is 0 Å². The molecule has 1 aromatic rings. The first-order chi connectivity index (χ1) is 11.3. The number of carboxylic acid groups (broad SMARTS) is 1. The van der Waals surface area contributed by atoms with Gasteiger partial charge in [-0.25, -0.2) is 13.1 Å². The van der Waals surface area contributed by atoms with Gasteiger partial charge < -0.3 is 15.2 Å². The number of sulfonamides is 1. The SMILES string of the molecule is CC1Oc2ccc(S(=O)(=O)NCCCCCC(=O)O)cc2NC1=O. The fourth-order valence-electron chi connectivity index (χ4n) is 2.22. The highest BCUT2D eigenvalue weighted by molar-refractivity contribution is 7.89. The first-order valence-electron chi connectivity index (χ1n) is 7.62. The zero-order chi connectivity index (χ0) is 17.7. The Labute approximate surface area is 140 Å². The molecule has 9 heteroatoms. The number of amides is 1. The number of aliphatic carboxylic acids is 1. The van der Waals surface area contributed by atoms with Gasteiger partial charge in [0.2, 0.25) is 10.0 Å². The number of benzene rings is 1. The maximum Gasteiger partial charge on any atom is 0.303 e. The summed E-state index contributed by atoms with van der Waals surface area (Å²) in [5, 5.41) is 11.1. The smallest absolute Gasteiger partial charge is 0.303 e. The normalized spacial score (nSPS) is 16.9. The predicted octanol–water partition coefficient (Wildman–Crippen LogP) is 1.33. The number of rotatable bonds is 8. The molecule has 8 nitrogen and oxygen atoms in total. The summed E-state index contributed by atoms with van der Waals surface area (Å²) < 4.78 is 32.3. The van der Waals surface area contributed by atoms with Crippen LogP contribution in [0.15, 0.2) is 23.1 Å². The van der Waals surface area contributed by atoms with Crippen molar-refractivity contribution in [2.75, 3.05) is 11.9 Å². The molecule has 1 heterocycles. The van der Waals surface area contributed by atoms with Gasteiger partial charge in [0.05, 0.1) is 10.6 Å². The third-order valence-electron chi connectivity index (χ3n) is 3.55. The zero-order valence-corrected chi connectivity index (χ0v) is 14.1. The van der Waals surface area contributed by atoms with E-state index in [4.69, 9.17) is 9.84 Å². The lowest BCUT2D eigenvalue weighted by atomic mass is 10.2. The van der Waals surface area contributed by atoms with E-state index in [1.165, 1.54) is 18.2 Å². The molecule has 0 spiro atoms. The number of hydrogen-bond donors (Lipinski definition) is 3. The van der Waals surface area contributed by atoms with Gasteiger partial charge in [0.1, 0.15) is 5.75 Å². The summed E-state index contributed by atoms with van der Waals surface area (Å²) in [5.41, 5.74) is 0.322. The third-order valence-corrected chi connectivity index (χ3v) is 5.01. The maximum absolute atomic E-state index is 12.2. The Bertz CT molecular complexity index is 731. The molecule has 1 aromatic carbocycles. The molecule has 3 N–H and O–H groups in total. The molecule has 0 bridgehead atoms. The molecule has 0 aromatic heterocycles. The quantitative estimate of drug-likeness (QED) is 0.604. The van der Waals surface area contributed by atoms with Crippen LogP contribution in [0.3, 0.4) is 0 Å². The van der Waals surface area contributed by atoms with Gasteiger partial charge in [-0.15, -0.1) is 0 Å². The third kappa shape index (κ3) is 4.68. The number of carboxylic acids is 1. The van der Waals surface area contributed by atoms with Crippen LogP contribution in [0.1, 0.15) is 32.6 Å². The lowest BCUT2D eigenvalue weighted by Gasteiger charge is -2.23. The van der Waals surface area contributed by atoms with Gasteiger partial charge >= 0.3 is 5.97 Å². The first kappa shape index (κ1) is 18.2. The van der Waals surface area contributed by atoms with E-state index in [9.17, 15) is 18.0 Å². The van der Waals surface area contributed by atoms with Crippen LogP contribution in [-0.4, -0.2) is 38.0 Å². The molecule has 0 aliphatic carbocycles. The average molecular weight is 356 g/mol. The molecule has 1 unspecified atom stereocenters. The predicted molar refractivity (Wildman–Crippen MR) is 86.5 cm³/mol. The van der Waals surface area contributed by atoms with E-state index in [-0.39, 0.29) is 23.8 Å². The van der Waals surface area contributed by atoms with E-state index in [1.807, 2.05) is 0 Å². The molecule has 1 aliphatic rings. The second-order valence-corrected chi connectivity index (χ2v) is 7.28. The monoisotopic (exact) mass is 356 g/mol. The molecule has 0 saturated heterocycles. The van der Waals surface area contributed by atoms with Crippen molar-refractivity contribution in [3.05, 3.63) is 18.2 Å². The van der Waals surface area contributed by atoms with Crippen molar-refractivity contribution in [3.63, 3.8) is 0 Å². The van der Waals surface area contributed by atoms with E-state index >= 15 is 0 Å². The Hall–Kier alpha value is -2.13. The second kappa shape index (κ2) is 7.63. The largest absolute Gasteiger partial charge is 0.481 e. The van der Waals surface area contributed by atoms with Crippen LogP contribution in [0, 0.1) is 0 Å². The van der Waals surface area contributed by atoms with E-state index in [0.29, 0.717) is 30.7 Å². The Morgan fingerprint density at radius 2 is 2.08 bits per heavy atom. The van der Waals surface area contributed by atoms with Gasteiger partial charge in [-0.1, -0.05) is 6.42 Å². The van der Waals surface area contributed by atoms with Gasteiger partial charge in [-0.05, 0) is 38.0 Å². The molecule has 0 radical (unpaired) electrons. The molecule has 0 saturated carbocycles. The van der Waals surface area contributed by atoms with Crippen molar-refractivity contribution in [1.82, 2.24) is 4.72 Å². The highest BCUT2D eigenvalue weighted by atomic mass is 32.2. The van der Waals surface area contributed by atoms with E-state index < -0.39 is 22.1 Å². The van der Waals surface area contributed by atoms with Crippen molar-refractivity contribution < 1.29 is 27.9 Å². The fraction of sp³-hybridized carbons (Fsp3) is 0.467. The van der Waals surface area contributed by atoms with Gasteiger partial charge in [0.25, 0.3) is 5.91 Å². The molecular weight excluding hydrogens is 336 g/mol. The van der Waals surface area contributed by atoms with Crippen LogP contribution < -0.4 is 14.8 Å². The molecule has 1 amide bonds. The summed E-state index contributed by atoms with van der Waals surface area (Å²) in [4.78, 5) is 22.0. The molecule has 1 atom stereocenters. The Morgan fingerprint density at radius 1 is 1.33 bits per heavy atom. The highest BCUT2D eigenvalue weighted by Gasteiger charge is 2.25. The molecule has 24 heavy (non-hydrogen) atoms. The second-order valence-electron chi connectivity index (χ2n) is 5.51. The minimum atomic E-state index is -3.70. The number of hydrogen-bond acceptors (Lipinski definition) is 5. The molecule has 2 rings (SSSR count). The van der Waals surface area contributed by atoms with Crippen LogP contribution in [0.2, 0.25) is 0 Å². The van der Waals surface area contributed by atoms with E-state index in [2.05, 4.69) is 10.0 Å². The summed E-state index contributed by atoms with van der Waals surface area (Å²) in [6.07, 6.45) is 1.15. The van der Waals surface area contributed by atoms with Crippen molar-refractivity contribution >= 4 is 27.6 Å². The van der Waals surface area contributed by atoms with Crippen LogP contribution >= 0.6 is 0 Å². The number of unbranched alkanes of at least 4 members (excludes halogenated alkanes) is 2. The van der Waals surface area contributed by atoms with Gasteiger partial charge in [-0.3, -0.25) is 9.59 Å². The summed E-state index contributed by atoms with van der Waals surface area (Å²) >= 11 is 0. The van der Waals surface area contributed by atoms with Crippen LogP contribution in [0.5, 0.6) is 5.75 Å². The average Bonchev–Trinajstić information content (AvgIpc) is 2.51. The topological polar surface area (TPSA) is 122 Å². The number of ether oxygens (including phenoxy) is 1. The van der Waals surface area contributed by atoms with Crippen LogP contribution in [0.25, 0.3) is 0 Å². The first-order valence-corrected chi connectivity index (χ1v) is 9.11. The molecule has 132 valence electrons. The Morgan fingerprint density at radius 3 is 2.79 bits per heavy atom. The molecular formula is C15H20N2O6S. The van der Waals surface area contributed by atoms with Gasteiger partial charge in [0, 0.05) is 13.0 Å². The lowest BCUT2D eigenvalue weighted by Crippen LogP contribution is -2.34. The minimum Gasteiger partial charge on any atom is -0.481 e. The Balaban J connectivity index is 1.94. The highest BCUT2D eigenvalue weighted by Crippen LogP contribution is 2.31. The number of anilines is 1. The lowest BCUT2D eigenvalue weighted by molar-refractivity contribution is -0.137. The van der Waals surface area contributed by atoms with Crippen molar-refractivity contribution in [1.29, 1.82) is 0 Å². The van der Waals surface area contributed by atoms with E-state index in [0.717, 1.165) is 0 Å². The van der Waals surface area contributed by atoms with Crippen LogP contribution in [0.4, 0.5) is 5.69 Å². The van der Waals surface area contributed by atoms with Crippen molar-refractivity contribution in [2.24, 2.45) is 0 Å².